The van der Waals surface area contributed by atoms with E-state index in [1.54, 1.807) is 19.2 Å². The number of phenolic OH excluding ortho intramolecular Hbond substituents is 1. The van der Waals surface area contributed by atoms with Gasteiger partial charge in [-0.15, -0.1) is 0 Å². The average molecular weight is 470 g/mol. The van der Waals surface area contributed by atoms with E-state index in [4.69, 9.17) is 14.2 Å². The average Bonchev–Trinajstić information content (AvgIpc) is 2.90. The van der Waals surface area contributed by atoms with E-state index in [2.05, 4.69) is 4.90 Å². The van der Waals surface area contributed by atoms with Gasteiger partial charge in [0.2, 0.25) is 0 Å². The summed E-state index contributed by atoms with van der Waals surface area (Å²) in [7, 11) is 1.66. The zero-order valence-corrected chi connectivity index (χ0v) is 20.1. The first-order valence-electron chi connectivity index (χ1n) is 12.2. The number of hydrogen-bond donors (Lipinski definition) is 1. The summed E-state index contributed by atoms with van der Waals surface area (Å²) >= 11 is 0. The number of rotatable bonds is 8. The smallest absolute Gasteiger partial charge is 0.143 e. The summed E-state index contributed by atoms with van der Waals surface area (Å²) in [5.74, 6) is 3.30. The van der Waals surface area contributed by atoms with E-state index in [0.29, 0.717) is 6.61 Å². The lowest BCUT2D eigenvalue weighted by atomic mass is 9.99. The van der Waals surface area contributed by atoms with Crippen LogP contribution in [-0.4, -0.2) is 43.4 Å². The van der Waals surface area contributed by atoms with Gasteiger partial charge in [-0.05, 0) is 97.5 Å². The standard InChI is InChI=1S/C30H31NO4/c1-33-27-7-5-6-22(21-27)28-14-8-23-20-24(32)9-15-29(23)30(28)35-26-12-10-25(11-13-26)34-19-18-31-16-3-2-4-17-31/h5-15,20-21,32H,2-4,16-19H2,1H3. The van der Waals surface area contributed by atoms with Crippen molar-refractivity contribution in [2.75, 3.05) is 33.4 Å². The van der Waals surface area contributed by atoms with E-state index >= 15 is 0 Å². The van der Waals surface area contributed by atoms with Crippen LogP contribution in [0.5, 0.6) is 28.7 Å². The van der Waals surface area contributed by atoms with Crippen molar-refractivity contribution in [1.82, 2.24) is 4.90 Å². The van der Waals surface area contributed by atoms with E-state index in [9.17, 15) is 5.11 Å². The van der Waals surface area contributed by atoms with E-state index in [1.165, 1.54) is 32.4 Å². The number of ether oxygens (including phenoxy) is 3. The van der Waals surface area contributed by atoms with Gasteiger partial charge in [0.15, 0.2) is 0 Å². The molecule has 5 heteroatoms. The number of benzene rings is 4. The summed E-state index contributed by atoms with van der Waals surface area (Å²) in [6.07, 6.45) is 3.92. The Morgan fingerprint density at radius 2 is 1.60 bits per heavy atom. The molecule has 1 heterocycles. The number of hydrogen-bond acceptors (Lipinski definition) is 5. The molecule has 0 unspecified atom stereocenters. The molecule has 0 aliphatic carbocycles. The van der Waals surface area contributed by atoms with Gasteiger partial charge >= 0.3 is 0 Å². The molecule has 0 saturated carbocycles. The minimum Gasteiger partial charge on any atom is -0.508 e. The van der Waals surface area contributed by atoms with Crippen LogP contribution in [0.1, 0.15) is 19.3 Å². The molecule has 1 N–H and O–H groups in total. The molecule has 4 aromatic carbocycles. The van der Waals surface area contributed by atoms with Gasteiger partial charge in [-0.2, -0.15) is 0 Å². The zero-order chi connectivity index (χ0) is 24.0. The Morgan fingerprint density at radius 3 is 2.40 bits per heavy atom. The van der Waals surface area contributed by atoms with Crippen molar-refractivity contribution < 1.29 is 19.3 Å². The minimum atomic E-state index is 0.226. The van der Waals surface area contributed by atoms with Crippen LogP contribution in [0, 0.1) is 0 Å². The van der Waals surface area contributed by atoms with Crippen LogP contribution in [0.15, 0.2) is 78.9 Å². The second kappa shape index (κ2) is 10.7. The maximum absolute atomic E-state index is 9.98. The lowest BCUT2D eigenvalue weighted by molar-refractivity contribution is 0.183. The second-order valence-electron chi connectivity index (χ2n) is 8.90. The molecule has 1 aliphatic heterocycles. The molecule has 0 aromatic heterocycles. The minimum absolute atomic E-state index is 0.226. The molecule has 1 saturated heterocycles. The molecule has 4 aromatic rings. The molecule has 1 aliphatic rings. The van der Waals surface area contributed by atoms with E-state index in [-0.39, 0.29) is 5.75 Å². The van der Waals surface area contributed by atoms with Crippen molar-refractivity contribution in [3.63, 3.8) is 0 Å². The van der Waals surface area contributed by atoms with Crippen molar-refractivity contribution in [2.24, 2.45) is 0 Å². The third-order valence-electron chi connectivity index (χ3n) is 6.50. The highest BCUT2D eigenvalue weighted by Crippen LogP contribution is 2.41. The van der Waals surface area contributed by atoms with Gasteiger partial charge in [0.05, 0.1) is 7.11 Å². The molecular weight excluding hydrogens is 438 g/mol. The molecule has 0 radical (unpaired) electrons. The van der Waals surface area contributed by atoms with Crippen LogP contribution in [0.3, 0.4) is 0 Å². The molecule has 1 fully saturated rings. The van der Waals surface area contributed by atoms with Gasteiger partial charge in [-0.3, -0.25) is 4.90 Å². The van der Waals surface area contributed by atoms with Crippen molar-refractivity contribution in [2.45, 2.75) is 19.3 Å². The Morgan fingerprint density at radius 1 is 0.800 bits per heavy atom. The third kappa shape index (κ3) is 5.52. The predicted molar refractivity (Wildman–Crippen MR) is 140 cm³/mol. The van der Waals surface area contributed by atoms with Crippen molar-refractivity contribution >= 4 is 10.8 Å². The van der Waals surface area contributed by atoms with Crippen LogP contribution >= 0.6 is 0 Å². The van der Waals surface area contributed by atoms with Gasteiger partial charge in [-0.25, -0.2) is 0 Å². The summed E-state index contributed by atoms with van der Waals surface area (Å²) < 4.78 is 17.9. The molecule has 5 nitrogen and oxygen atoms in total. The predicted octanol–water partition coefficient (Wildman–Crippen LogP) is 6.88. The third-order valence-corrected chi connectivity index (χ3v) is 6.50. The summed E-state index contributed by atoms with van der Waals surface area (Å²) in [5, 5.41) is 11.8. The molecular formula is C30H31NO4. The van der Waals surface area contributed by atoms with E-state index in [0.717, 1.165) is 51.4 Å². The zero-order valence-electron chi connectivity index (χ0n) is 20.1. The fourth-order valence-corrected chi connectivity index (χ4v) is 4.61. The normalized spacial score (nSPS) is 14.1. The molecule has 5 rings (SSSR count). The highest BCUT2D eigenvalue weighted by atomic mass is 16.5. The number of phenols is 1. The fourth-order valence-electron chi connectivity index (χ4n) is 4.61. The highest BCUT2D eigenvalue weighted by Gasteiger charge is 2.14. The number of likely N-dealkylation sites (tertiary alicyclic amines) is 1. The molecule has 0 spiro atoms. The molecule has 0 atom stereocenters. The lowest BCUT2D eigenvalue weighted by Crippen LogP contribution is -2.33. The van der Waals surface area contributed by atoms with Gasteiger partial charge in [0.1, 0.15) is 35.4 Å². The van der Waals surface area contributed by atoms with E-state index in [1.807, 2.05) is 66.7 Å². The van der Waals surface area contributed by atoms with Crippen LogP contribution in [0.4, 0.5) is 0 Å². The monoisotopic (exact) mass is 469 g/mol. The summed E-state index contributed by atoms with van der Waals surface area (Å²) in [6, 6.07) is 25.0. The first-order valence-corrected chi connectivity index (χ1v) is 12.2. The largest absolute Gasteiger partial charge is 0.508 e. The van der Waals surface area contributed by atoms with Crippen molar-refractivity contribution in [3.05, 3.63) is 78.9 Å². The first kappa shape index (κ1) is 23.1. The van der Waals surface area contributed by atoms with Gasteiger partial charge in [0.25, 0.3) is 0 Å². The molecule has 35 heavy (non-hydrogen) atoms. The first-order chi connectivity index (χ1) is 17.2. The summed E-state index contributed by atoms with van der Waals surface area (Å²) in [5.41, 5.74) is 1.94. The molecule has 0 bridgehead atoms. The second-order valence-corrected chi connectivity index (χ2v) is 8.90. The van der Waals surface area contributed by atoms with Gasteiger partial charge in [-0.1, -0.05) is 24.6 Å². The number of nitrogens with zero attached hydrogens (tertiary/aromatic N) is 1. The van der Waals surface area contributed by atoms with Crippen LogP contribution < -0.4 is 14.2 Å². The van der Waals surface area contributed by atoms with Gasteiger partial charge < -0.3 is 19.3 Å². The van der Waals surface area contributed by atoms with Crippen LogP contribution in [0.25, 0.3) is 21.9 Å². The van der Waals surface area contributed by atoms with Crippen molar-refractivity contribution in [1.29, 1.82) is 0 Å². The molecule has 0 amide bonds. The number of piperidine rings is 1. The Kier molecular flexibility index (Phi) is 7.05. The lowest BCUT2D eigenvalue weighted by Gasteiger charge is -2.26. The highest BCUT2D eigenvalue weighted by molar-refractivity contribution is 5.96. The topological polar surface area (TPSA) is 51.2 Å². The van der Waals surface area contributed by atoms with E-state index < -0.39 is 0 Å². The maximum atomic E-state index is 9.98. The van der Waals surface area contributed by atoms with Crippen LogP contribution in [-0.2, 0) is 0 Å². The van der Waals surface area contributed by atoms with Gasteiger partial charge in [0, 0.05) is 17.5 Å². The number of methoxy groups -OCH3 is 1. The Balaban J connectivity index is 1.38. The van der Waals surface area contributed by atoms with Crippen molar-refractivity contribution in [3.8, 4) is 39.9 Å². The summed E-state index contributed by atoms with van der Waals surface area (Å²) in [6.45, 7) is 4.00. The van der Waals surface area contributed by atoms with Crippen LogP contribution in [0.2, 0.25) is 0 Å². The molecule has 180 valence electrons. The Bertz CT molecular complexity index is 1280. The maximum Gasteiger partial charge on any atom is 0.143 e. The SMILES string of the molecule is COc1cccc(-c2ccc3cc(O)ccc3c2Oc2ccc(OCCN3CCCCC3)cc2)c1. The quantitative estimate of drug-likeness (QED) is 0.305. The number of fused-ring (bicyclic) bond motifs is 1. The fraction of sp³-hybridized carbons (Fsp3) is 0.267. The Hall–Kier alpha value is -3.70. The number of aromatic hydroxyl groups is 1. The Labute approximate surface area is 206 Å². The summed E-state index contributed by atoms with van der Waals surface area (Å²) in [4.78, 5) is 2.47.